The Morgan fingerprint density at radius 1 is 1.35 bits per heavy atom. The van der Waals surface area contributed by atoms with Gasteiger partial charge in [-0.1, -0.05) is 18.2 Å². The number of para-hydroxylation sites is 1. The van der Waals surface area contributed by atoms with Gasteiger partial charge in [0.2, 0.25) is 5.91 Å². The third kappa shape index (κ3) is 2.40. The fourth-order valence-corrected chi connectivity index (χ4v) is 2.71. The van der Waals surface area contributed by atoms with Crippen molar-refractivity contribution in [2.45, 2.75) is 24.6 Å². The summed E-state index contributed by atoms with van der Waals surface area (Å²) in [5.41, 5.74) is 1.20. The number of carbonyl (C=O) groups is 2. The normalized spacial score (nSPS) is 19.5. The lowest BCUT2D eigenvalue weighted by atomic mass is 10.1. The van der Waals surface area contributed by atoms with Gasteiger partial charge in [-0.25, -0.2) is 13.2 Å². The first-order valence-electron chi connectivity index (χ1n) is 6.06. The molecule has 0 saturated carbocycles. The van der Waals surface area contributed by atoms with E-state index < -0.39 is 33.0 Å². The van der Waals surface area contributed by atoms with Gasteiger partial charge >= 0.3 is 5.97 Å². The van der Waals surface area contributed by atoms with Crippen LogP contribution in [0.2, 0.25) is 0 Å². The van der Waals surface area contributed by atoms with E-state index in [9.17, 15) is 23.1 Å². The molecule has 7 heteroatoms. The maximum Gasteiger partial charge on any atom is 0.327 e. The van der Waals surface area contributed by atoms with E-state index in [1.807, 2.05) is 0 Å². The third-order valence-electron chi connectivity index (χ3n) is 3.49. The topological polar surface area (TPSA) is 91.8 Å². The number of carbonyl (C=O) groups excluding carboxylic acids is 1. The number of nitrogens with zero attached hydrogens (tertiary/aromatic N) is 1. The highest BCUT2D eigenvalue weighted by Crippen LogP contribution is 2.33. The molecule has 0 spiro atoms. The fraction of sp³-hybridized carbons (Fsp3) is 0.385. The van der Waals surface area contributed by atoms with Crippen LogP contribution in [-0.2, 0) is 25.8 Å². The molecule has 1 aliphatic rings. The maximum atomic E-state index is 12.4. The summed E-state index contributed by atoms with van der Waals surface area (Å²) < 4.78 is 23.0. The summed E-state index contributed by atoms with van der Waals surface area (Å²) in [5.74, 6) is -1.85. The van der Waals surface area contributed by atoms with Crippen LogP contribution in [0.4, 0.5) is 5.69 Å². The van der Waals surface area contributed by atoms with Crippen molar-refractivity contribution < 1.29 is 23.1 Å². The Morgan fingerprint density at radius 2 is 1.95 bits per heavy atom. The van der Waals surface area contributed by atoms with Gasteiger partial charge in [-0.05, 0) is 18.6 Å². The van der Waals surface area contributed by atoms with Gasteiger partial charge in [0.25, 0.3) is 0 Å². The number of hydrogen-bond acceptors (Lipinski definition) is 4. The van der Waals surface area contributed by atoms with Gasteiger partial charge in [-0.15, -0.1) is 0 Å². The van der Waals surface area contributed by atoms with E-state index in [1.54, 1.807) is 24.3 Å². The summed E-state index contributed by atoms with van der Waals surface area (Å²) in [7, 11) is -3.58. The van der Waals surface area contributed by atoms with E-state index in [4.69, 9.17) is 0 Å². The minimum Gasteiger partial charge on any atom is -0.480 e. The van der Waals surface area contributed by atoms with Crippen LogP contribution in [0.5, 0.6) is 0 Å². The van der Waals surface area contributed by atoms with Gasteiger partial charge in [0, 0.05) is 18.4 Å². The molecule has 1 unspecified atom stereocenters. The standard InChI is InChI=1S/C13H15NO5S/c1-8(20(2,18)19)12(15)14-10-6-4-3-5-9(10)7-11(14)13(16)17/h3-6,8,11H,7H2,1-2H3,(H,16,17)/t8?,11-/m0/s1. The predicted molar refractivity (Wildman–Crippen MR) is 73.4 cm³/mol. The molecule has 0 saturated heterocycles. The Morgan fingerprint density at radius 3 is 2.50 bits per heavy atom. The number of benzene rings is 1. The first-order chi connectivity index (χ1) is 9.23. The number of fused-ring (bicyclic) bond motifs is 1. The zero-order valence-corrected chi connectivity index (χ0v) is 11.9. The first-order valence-corrected chi connectivity index (χ1v) is 8.01. The maximum absolute atomic E-state index is 12.4. The summed E-state index contributed by atoms with van der Waals surface area (Å²) >= 11 is 0. The summed E-state index contributed by atoms with van der Waals surface area (Å²) in [5, 5.41) is 7.98. The SMILES string of the molecule is CC(C(=O)N1c2ccccc2C[C@H]1C(=O)O)S(C)(=O)=O. The van der Waals surface area contributed by atoms with Crippen LogP contribution < -0.4 is 4.90 Å². The quantitative estimate of drug-likeness (QED) is 0.875. The van der Waals surface area contributed by atoms with Crippen molar-refractivity contribution >= 4 is 27.4 Å². The van der Waals surface area contributed by atoms with Crippen LogP contribution in [-0.4, -0.2) is 42.9 Å². The zero-order chi connectivity index (χ0) is 15.1. The van der Waals surface area contributed by atoms with Crippen LogP contribution in [0.3, 0.4) is 0 Å². The molecular formula is C13H15NO5S. The van der Waals surface area contributed by atoms with Gasteiger partial charge in [0.05, 0.1) is 0 Å². The number of anilines is 1. The van der Waals surface area contributed by atoms with E-state index in [0.717, 1.165) is 16.7 Å². The molecule has 0 bridgehead atoms. The molecule has 1 amide bonds. The number of carboxylic acids is 1. The number of sulfone groups is 1. The molecule has 1 heterocycles. The van der Waals surface area contributed by atoms with E-state index in [1.165, 1.54) is 6.92 Å². The molecule has 1 aromatic carbocycles. The van der Waals surface area contributed by atoms with Gasteiger partial charge in [-0.3, -0.25) is 9.69 Å². The molecule has 1 aromatic rings. The van der Waals surface area contributed by atoms with Crippen LogP contribution in [0.1, 0.15) is 12.5 Å². The minimum atomic E-state index is -3.58. The van der Waals surface area contributed by atoms with Gasteiger partial charge < -0.3 is 5.11 Å². The molecule has 0 aromatic heterocycles. The van der Waals surface area contributed by atoms with Gasteiger partial charge in [0.1, 0.15) is 11.3 Å². The number of rotatable bonds is 3. The van der Waals surface area contributed by atoms with E-state index >= 15 is 0 Å². The molecule has 2 rings (SSSR count). The van der Waals surface area contributed by atoms with Gasteiger partial charge in [-0.2, -0.15) is 0 Å². The van der Waals surface area contributed by atoms with Crippen molar-refractivity contribution in [1.82, 2.24) is 0 Å². The summed E-state index contributed by atoms with van der Waals surface area (Å²) in [6.07, 6.45) is 1.15. The molecular weight excluding hydrogens is 282 g/mol. The molecule has 1 aliphatic heterocycles. The molecule has 1 N–H and O–H groups in total. The molecule has 6 nitrogen and oxygen atoms in total. The Balaban J connectivity index is 2.46. The molecule has 0 fully saturated rings. The number of aliphatic carboxylic acids is 1. The second-order valence-corrected chi connectivity index (χ2v) is 7.23. The van der Waals surface area contributed by atoms with Crippen molar-refractivity contribution in [3.8, 4) is 0 Å². The summed E-state index contributed by atoms with van der Waals surface area (Å²) in [6, 6.07) is 5.76. The molecule has 20 heavy (non-hydrogen) atoms. The Hall–Kier alpha value is -1.89. The van der Waals surface area contributed by atoms with Crippen LogP contribution in [0, 0.1) is 0 Å². The van der Waals surface area contributed by atoms with Crippen molar-refractivity contribution in [2.75, 3.05) is 11.2 Å². The van der Waals surface area contributed by atoms with Crippen molar-refractivity contribution in [2.24, 2.45) is 0 Å². The smallest absolute Gasteiger partial charge is 0.327 e. The Bertz CT molecular complexity index is 667. The predicted octanol–water partition coefficient (Wildman–Crippen LogP) is 0.462. The van der Waals surface area contributed by atoms with E-state index in [0.29, 0.717) is 5.69 Å². The van der Waals surface area contributed by atoms with Crippen molar-refractivity contribution in [3.05, 3.63) is 29.8 Å². The highest BCUT2D eigenvalue weighted by Gasteiger charge is 2.41. The second-order valence-electron chi connectivity index (χ2n) is 4.87. The Kier molecular flexibility index (Phi) is 3.56. The third-order valence-corrected chi connectivity index (χ3v) is 4.97. The highest BCUT2D eigenvalue weighted by molar-refractivity contribution is 7.92. The number of hydrogen-bond donors (Lipinski definition) is 1. The Labute approximate surface area is 116 Å². The molecule has 108 valence electrons. The zero-order valence-electron chi connectivity index (χ0n) is 11.1. The largest absolute Gasteiger partial charge is 0.480 e. The van der Waals surface area contributed by atoms with E-state index in [2.05, 4.69) is 0 Å². The second kappa shape index (κ2) is 4.90. The molecule has 2 atom stereocenters. The molecule has 0 aliphatic carbocycles. The summed E-state index contributed by atoms with van der Waals surface area (Å²) in [4.78, 5) is 24.8. The lowest BCUT2D eigenvalue weighted by Gasteiger charge is -2.25. The van der Waals surface area contributed by atoms with Crippen LogP contribution in [0.15, 0.2) is 24.3 Å². The highest BCUT2D eigenvalue weighted by atomic mass is 32.2. The van der Waals surface area contributed by atoms with Crippen molar-refractivity contribution in [3.63, 3.8) is 0 Å². The van der Waals surface area contributed by atoms with Crippen molar-refractivity contribution in [1.29, 1.82) is 0 Å². The molecule has 0 radical (unpaired) electrons. The van der Waals surface area contributed by atoms with Crippen LogP contribution in [0.25, 0.3) is 0 Å². The average molecular weight is 297 g/mol. The lowest BCUT2D eigenvalue weighted by Crippen LogP contribution is -2.48. The number of amides is 1. The summed E-state index contributed by atoms with van der Waals surface area (Å²) in [6.45, 7) is 1.28. The number of carboxylic acid groups (broad SMARTS) is 1. The minimum absolute atomic E-state index is 0.188. The fourth-order valence-electron chi connectivity index (χ4n) is 2.23. The van der Waals surface area contributed by atoms with Gasteiger partial charge in [0.15, 0.2) is 9.84 Å². The average Bonchev–Trinajstić information content (AvgIpc) is 2.75. The van der Waals surface area contributed by atoms with Crippen LogP contribution >= 0.6 is 0 Å². The monoisotopic (exact) mass is 297 g/mol. The first kappa shape index (κ1) is 14.5. The lowest BCUT2D eigenvalue weighted by molar-refractivity contribution is -0.139. The van der Waals surface area contributed by atoms with E-state index in [-0.39, 0.29) is 6.42 Å².